The Hall–Kier alpha value is -1.64. The first-order valence-corrected chi connectivity index (χ1v) is 11.9. The van der Waals surface area contributed by atoms with E-state index >= 15 is 0 Å². The van der Waals surface area contributed by atoms with Gasteiger partial charge in [-0.2, -0.15) is 0 Å². The summed E-state index contributed by atoms with van der Waals surface area (Å²) in [4.78, 5) is 28.9. The molecule has 0 aromatic heterocycles. The first kappa shape index (κ1) is 26.4. The molecule has 0 unspecified atom stereocenters. The van der Waals surface area contributed by atoms with Crippen molar-refractivity contribution in [2.24, 2.45) is 10.7 Å². The van der Waals surface area contributed by atoms with Gasteiger partial charge < -0.3 is 15.2 Å². The number of hydrogen-bond donors (Lipinski definition) is 1. The minimum atomic E-state index is -0.664. The monoisotopic (exact) mass is 498 g/mol. The number of thioether (sulfide) groups is 1. The fraction of sp³-hybridized carbons (Fsp3) is 0.500. The van der Waals surface area contributed by atoms with Crippen LogP contribution >= 0.6 is 27.7 Å². The van der Waals surface area contributed by atoms with Gasteiger partial charge in [0.05, 0.1) is 0 Å². The summed E-state index contributed by atoms with van der Waals surface area (Å²) in [6.07, 6.45) is 11.6. The predicted octanol–water partition coefficient (Wildman–Crippen LogP) is 4.81. The number of hydrogen-bond acceptors (Lipinski definition) is 7. The molecular formula is C22H31BrN2O4S. The van der Waals surface area contributed by atoms with Crippen LogP contribution < -0.4 is 5.73 Å². The molecule has 1 aliphatic rings. The zero-order valence-corrected chi connectivity index (χ0v) is 20.4. The van der Waals surface area contributed by atoms with E-state index in [9.17, 15) is 9.59 Å². The van der Waals surface area contributed by atoms with Crippen LogP contribution in [0, 0.1) is 0 Å². The summed E-state index contributed by atoms with van der Waals surface area (Å²) in [5.74, 6) is -0.866. The molecule has 0 aliphatic carbocycles. The predicted molar refractivity (Wildman–Crippen MR) is 128 cm³/mol. The molecule has 3 atom stereocenters. The molecule has 0 amide bonds. The van der Waals surface area contributed by atoms with Crippen molar-refractivity contribution in [3.8, 4) is 0 Å². The maximum Gasteiger partial charge on any atom is 0.331 e. The van der Waals surface area contributed by atoms with Gasteiger partial charge in [0.1, 0.15) is 12.1 Å². The minimum absolute atomic E-state index is 0.299. The highest BCUT2D eigenvalue weighted by molar-refractivity contribution is 9.11. The molecule has 2 N–H and O–H groups in total. The van der Waals surface area contributed by atoms with Crippen molar-refractivity contribution in [3.05, 3.63) is 45.5 Å². The van der Waals surface area contributed by atoms with E-state index in [0.717, 1.165) is 15.8 Å². The summed E-state index contributed by atoms with van der Waals surface area (Å²) >= 11 is 4.90. The van der Waals surface area contributed by atoms with Crippen LogP contribution in [0.3, 0.4) is 0 Å². The number of rotatable bonds is 2. The zero-order valence-electron chi connectivity index (χ0n) is 18.0. The van der Waals surface area contributed by atoms with Gasteiger partial charge >= 0.3 is 11.9 Å². The van der Waals surface area contributed by atoms with Gasteiger partial charge in [0, 0.05) is 24.4 Å². The van der Waals surface area contributed by atoms with Gasteiger partial charge in [-0.25, -0.2) is 4.79 Å². The number of carbonyl (C=O) groups is 2. The molecule has 0 saturated heterocycles. The van der Waals surface area contributed by atoms with Crippen LogP contribution in [0.15, 0.2) is 50.5 Å². The topological polar surface area (TPSA) is 91.0 Å². The molecule has 0 aromatic rings. The number of allylic oxidation sites excluding steroid dienone is 4. The van der Waals surface area contributed by atoms with Crippen LogP contribution in [-0.2, 0) is 19.1 Å². The molecule has 166 valence electrons. The highest BCUT2D eigenvalue weighted by atomic mass is 79.9. The number of esters is 2. The van der Waals surface area contributed by atoms with Gasteiger partial charge in [0.2, 0.25) is 0 Å². The highest BCUT2D eigenvalue weighted by Crippen LogP contribution is 2.16. The summed E-state index contributed by atoms with van der Waals surface area (Å²) in [6, 6.07) is -0.664. The zero-order chi connectivity index (χ0) is 22.5. The van der Waals surface area contributed by atoms with Crippen LogP contribution in [0.2, 0.25) is 0 Å². The Morgan fingerprint density at radius 1 is 1.37 bits per heavy atom. The lowest BCUT2D eigenvalue weighted by Gasteiger charge is -2.17. The molecule has 6 nitrogen and oxygen atoms in total. The summed E-state index contributed by atoms with van der Waals surface area (Å²) in [5.41, 5.74) is 7.80. The van der Waals surface area contributed by atoms with E-state index in [2.05, 4.69) is 20.9 Å². The molecule has 0 radical (unpaired) electrons. The normalized spacial score (nSPS) is 31.0. The Kier molecular flexibility index (Phi) is 12.7. The molecule has 0 bridgehead atoms. The SMILES string of the molecule is CS/C=C1CCC[C@@H](N)C(=O)O[C@@H](C)C/C(C)=C/C=C\C(=O)O[C@H](/C=C(\C)Br)/C=N/1. The maximum atomic E-state index is 12.2. The average Bonchev–Trinajstić information content (AvgIpc) is 2.64. The number of carbonyl (C=O) groups excluding carboxylic acids is 2. The number of ether oxygens (including phenoxy) is 2. The molecule has 0 fully saturated rings. The lowest BCUT2D eigenvalue weighted by atomic mass is 10.1. The fourth-order valence-electron chi connectivity index (χ4n) is 2.73. The molecule has 30 heavy (non-hydrogen) atoms. The van der Waals surface area contributed by atoms with Gasteiger partial charge in [0.15, 0.2) is 6.10 Å². The summed E-state index contributed by atoms with van der Waals surface area (Å²) in [6.45, 7) is 5.59. The van der Waals surface area contributed by atoms with E-state index < -0.39 is 24.1 Å². The standard InChI is InChI=1S/C22H31BrN2O4S/c1-15-7-5-10-21(26)29-19(12-16(2)23)13-25-18(14-30-4)8-6-9-20(24)22(27)28-17(3)11-15/h5,7,10,12-14,17,19-20H,6,8-9,11,24H2,1-4H3/b10-5-,15-7+,16-12+,18-14-,25-13+/t17-,19+,20+/m0/s1. The second-order valence-corrected chi connectivity index (χ2v) is 9.06. The summed E-state index contributed by atoms with van der Waals surface area (Å²) in [7, 11) is 0. The largest absolute Gasteiger partial charge is 0.461 e. The molecule has 1 heterocycles. The third kappa shape index (κ3) is 11.5. The third-order valence-corrected chi connectivity index (χ3v) is 4.85. The second-order valence-electron chi connectivity index (χ2n) is 7.10. The Morgan fingerprint density at radius 2 is 2.10 bits per heavy atom. The first-order valence-electron chi connectivity index (χ1n) is 9.81. The van der Waals surface area contributed by atoms with Crippen molar-refractivity contribution in [2.45, 2.75) is 64.7 Å². The molecular weight excluding hydrogens is 468 g/mol. The van der Waals surface area contributed by atoms with Gasteiger partial charge in [-0.05, 0) is 62.3 Å². The van der Waals surface area contributed by atoms with Crippen LogP contribution in [0.25, 0.3) is 0 Å². The van der Waals surface area contributed by atoms with Gasteiger partial charge in [-0.1, -0.05) is 33.7 Å². The molecule has 0 saturated carbocycles. The van der Waals surface area contributed by atoms with Crippen LogP contribution in [0.4, 0.5) is 0 Å². The number of halogens is 1. The Morgan fingerprint density at radius 3 is 2.77 bits per heavy atom. The van der Waals surface area contributed by atoms with Gasteiger partial charge in [-0.3, -0.25) is 9.79 Å². The molecule has 0 aromatic carbocycles. The van der Waals surface area contributed by atoms with Crippen molar-refractivity contribution < 1.29 is 19.1 Å². The molecule has 1 aliphatic heterocycles. The van der Waals surface area contributed by atoms with Gasteiger partial charge in [0.25, 0.3) is 0 Å². The summed E-state index contributed by atoms with van der Waals surface area (Å²) in [5, 5.41) is 1.93. The van der Waals surface area contributed by atoms with E-state index in [1.54, 1.807) is 24.4 Å². The van der Waals surface area contributed by atoms with Crippen molar-refractivity contribution >= 4 is 45.8 Å². The lowest BCUT2D eigenvalue weighted by Crippen LogP contribution is -2.34. The van der Waals surface area contributed by atoms with E-state index in [-0.39, 0.29) is 6.10 Å². The van der Waals surface area contributed by atoms with Crippen molar-refractivity contribution in [1.29, 1.82) is 0 Å². The molecule has 1 rings (SSSR count). The highest BCUT2D eigenvalue weighted by Gasteiger charge is 2.18. The lowest BCUT2D eigenvalue weighted by molar-refractivity contribution is -0.150. The first-order chi connectivity index (χ1) is 14.2. The molecule has 0 spiro atoms. The Bertz CT molecular complexity index is 739. The molecule has 8 heteroatoms. The van der Waals surface area contributed by atoms with Gasteiger partial charge in [-0.15, -0.1) is 11.8 Å². The Labute approximate surface area is 191 Å². The number of aliphatic imine (C=N–C) groups is 1. The summed E-state index contributed by atoms with van der Waals surface area (Å²) < 4.78 is 11.8. The van der Waals surface area contributed by atoms with E-state index in [1.807, 2.05) is 32.4 Å². The number of nitrogens with two attached hydrogens (primary N) is 1. The van der Waals surface area contributed by atoms with Crippen LogP contribution in [0.5, 0.6) is 0 Å². The van der Waals surface area contributed by atoms with Crippen LogP contribution in [0.1, 0.15) is 46.5 Å². The maximum absolute atomic E-state index is 12.2. The quantitative estimate of drug-likeness (QED) is 0.549. The van der Waals surface area contributed by atoms with Crippen molar-refractivity contribution in [2.75, 3.05) is 6.26 Å². The minimum Gasteiger partial charge on any atom is -0.461 e. The van der Waals surface area contributed by atoms with Crippen molar-refractivity contribution in [3.63, 3.8) is 0 Å². The van der Waals surface area contributed by atoms with Crippen LogP contribution in [-0.4, -0.2) is 42.7 Å². The Balaban J connectivity index is 3.11. The van der Waals surface area contributed by atoms with Crippen molar-refractivity contribution in [1.82, 2.24) is 0 Å². The smallest absolute Gasteiger partial charge is 0.331 e. The van der Waals surface area contributed by atoms with E-state index in [4.69, 9.17) is 15.2 Å². The van der Waals surface area contributed by atoms with E-state index in [1.165, 1.54) is 17.8 Å². The fourth-order valence-corrected chi connectivity index (χ4v) is 3.44. The average molecular weight is 499 g/mol. The second kappa shape index (κ2) is 14.4. The number of cyclic esters (lactones) is 2. The number of nitrogens with zero attached hydrogens (tertiary/aromatic N) is 1. The third-order valence-electron chi connectivity index (χ3n) is 4.08. The van der Waals surface area contributed by atoms with E-state index in [0.29, 0.717) is 25.7 Å².